The molecule has 1 heterocycles. The first-order chi connectivity index (χ1) is 4.47. The Hall–Kier alpha value is -1.18. The molecule has 1 aromatic heterocycles. The summed E-state index contributed by atoms with van der Waals surface area (Å²) in [6.45, 7) is 0. The van der Waals surface area contributed by atoms with Crippen LogP contribution in [0.15, 0.2) is 18.5 Å². The summed E-state index contributed by atoms with van der Waals surface area (Å²) in [5.74, 6) is 0. The van der Waals surface area contributed by atoms with Gasteiger partial charge < -0.3 is 0 Å². The molecular weight excluding hydrogens is 112 g/mol. The molecule has 9 heavy (non-hydrogen) atoms. The van der Waals surface area contributed by atoms with Crippen LogP contribution in [0, 0.1) is 0 Å². The van der Waals surface area contributed by atoms with E-state index in [0.717, 1.165) is 17.8 Å². The summed E-state index contributed by atoms with van der Waals surface area (Å²) in [7, 11) is 0. The van der Waals surface area contributed by atoms with Crippen molar-refractivity contribution >= 4 is 6.08 Å². The average Bonchev–Trinajstić information content (AvgIpc) is 2.33. The molecule has 0 aromatic carbocycles. The molecule has 0 fully saturated rings. The van der Waals surface area contributed by atoms with Gasteiger partial charge in [-0.05, 0) is 6.08 Å². The van der Waals surface area contributed by atoms with Crippen LogP contribution in [-0.2, 0) is 6.42 Å². The quantitative estimate of drug-likeness (QED) is 0.508. The SMILES string of the molecule is C1=Cc2nccnc2C1. The number of nitrogens with zero attached hydrogens (tertiary/aromatic N) is 2. The third kappa shape index (κ3) is 0.633. The fourth-order valence-electron chi connectivity index (χ4n) is 0.956. The van der Waals surface area contributed by atoms with Crippen LogP contribution in [0.2, 0.25) is 0 Å². The summed E-state index contributed by atoms with van der Waals surface area (Å²) in [4.78, 5) is 8.24. The Labute approximate surface area is 53.3 Å². The van der Waals surface area contributed by atoms with E-state index in [0.29, 0.717) is 0 Å². The van der Waals surface area contributed by atoms with Crippen LogP contribution in [0.4, 0.5) is 0 Å². The lowest BCUT2D eigenvalue weighted by Crippen LogP contribution is -1.88. The number of hydrogen-bond donors (Lipinski definition) is 0. The molecule has 0 atom stereocenters. The predicted octanol–water partition coefficient (Wildman–Crippen LogP) is 1.05. The van der Waals surface area contributed by atoms with Gasteiger partial charge in [0, 0.05) is 18.8 Å². The van der Waals surface area contributed by atoms with Gasteiger partial charge in [-0.3, -0.25) is 9.97 Å². The van der Waals surface area contributed by atoms with Crippen LogP contribution in [0.3, 0.4) is 0 Å². The maximum absolute atomic E-state index is 4.13. The topological polar surface area (TPSA) is 25.8 Å². The van der Waals surface area contributed by atoms with E-state index in [1.165, 1.54) is 0 Å². The van der Waals surface area contributed by atoms with Crippen molar-refractivity contribution in [1.29, 1.82) is 0 Å². The van der Waals surface area contributed by atoms with Crippen molar-refractivity contribution in [2.75, 3.05) is 0 Å². The van der Waals surface area contributed by atoms with E-state index in [4.69, 9.17) is 0 Å². The van der Waals surface area contributed by atoms with Gasteiger partial charge in [0.05, 0.1) is 11.4 Å². The zero-order valence-corrected chi connectivity index (χ0v) is 4.91. The molecule has 1 aliphatic rings. The summed E-state index contributed by atoms with van der Waals surface area (Å²) < 4.78 is 0. The van der Waals surface area contributed by atoms with Crippen LogP contribution in [-0.4, -0.2) is 9.97 Å². The van der Waals surface area contributed by atoms with Gasteiger partial charge in [-0.25, -0.2) is 0 Å². The second-order valence-electron chi connectivity index (χ2n) is 1.99. The molecule has 0 amide bonds. The maximum Gasteiger partial charge on any atom is 0.0845 e. The van der Waals surface area contributed by atoms with Gasteiger partial charge in [-0.1, -0.05) is 6.08 Å². The Balaban J connectivity index is 2.63. The minimum absolute atomic E-state index is 0.948. The summed E-state index contributed by atoms with van der Waals surface area (Å²) in [5.41, 5.74) is 2.12. The van der Waals surface area contributed by atoms with Crippen molar-refractivity contribution in [2.24, 2.45) is 0 Å². The first-order valence-corrected chi connectivity index (χ1v) is 2.93. The first kappa shape index (κ1) is 4.68. The summed E-state index contributed by atoms with van der Waals surface area (Å²) >= 11 is 0. The van der Waals surface area contributed by atoms with E-state index in [1.807, 2.05) is 6.08 Å². The molecule has 0 saturated carbocycles. The number of hydrogen-bond acceptors (Lipinski definition) is 2. The normalized spacial score (nSPS) is 13.8. The highest BCUT2D eigenvalue weighted by molar-refractivity contribution is 5.52. The number of fused-ring (bicyclic) bond motifs is 1. The van der Waals surface area contributed by atoms with E-state index in [2.05, 4.69) is 16.0 Å². The first-order valence-electron chi connectivity index (χ1n) is 2.93. The molecule has 2 nitrogen and oxygen atoms in total. The molecule has 2 rings (SSSR count). The van der Waals surface area contributed by atoms with E-state index in [9.17, 15) is 0 Å². The van der Waals surface area contributed by atoms with Gasteiger partial charge in [-0.2, -0.15) is 0 Å². The van der Waals surface area contributed by atoms with Crippen LogP contribution >= 0.6 is 0 Å². The monoisotopic (exact) mass is 118 g/mol. The van der Waals surface area contributed by atoms with Crippen LogP contribution < -0.4 is 0 Å². The molecule has 1 aliphatic carbocycles. The van der Waals surface area contributed by atoms with E-state index >= 15 is 0 Å². The van der Waals surface area contributed by atoms with E-state index in [-0.39, 0.29) is 0 Å². The standard InChI is InChI=1S/C7H6N2/c1-2-6-7(3-1)9-5-4-8-6/h1-2,4-5H,3H2. The Morgan fingerprint density at radius 1 is 1.22 bits per heavy atom. The molecule has 0 saturated heterocycles. The predicted molar refractivity (Wildman–Crippen MR) is 34.8 cm³/mol. The van der Waals surface area contributed by atoms with Gasteiger partial charge in [-0.15, -0.1) is 0 Å². The highest BCUT2D eigenvalue weighted by Gasteiger charge is 2.03. The third-order valence-electron chi connectivity index (χ3n) is 1.39. The Kier molecular flexibility index (Phi) is 0.859. The van der Waals surface area contributed by atoms with Crippen molar-refractivity contribution in [3.05, 3.63) is 29.9 Å². The highest BCUT2D eigenvalue weighted by atomic mass is 14.8. The largest absolute Gasteiger partial charge is 0.257 e. The zero-order chi connectivity index (χ0) is 6.10. The van der Waals surface area contributed by atoms with Crippen molar-refractivity contribution in [3.8, 4) is 0 Å². The summed E-state index contributed by atoms with van der Waals surface area (Å²) in [5, 5.41) is 0. The lowest BCUT2D eigenvalue weighted by atomic mass is 10.3. The van der Waals surface area contributed by atoms with E-state index < -0.39 is 0 Å². The molecule has 0 radical (unpaired) electrons. The lowest BCUT2D eigenvalue weighted by Gasteiger charge is -1.91. The lowest BCUT2D eigenvalue weighted by molar-refractivity contribution is 1.07. The average molecular weight is 118 g/mol. The minimum Gasteiger partial charge on any atom is -0.257 e. The summed E-state index contributed by atoms with van der Waals surface area (Å²) in [6.07, 6.45) is 8.47. The molecule has 0 N–H and O–H groups in total. The van der Waals surface area contributed by atoms with Gasteiger partial charge in [0.25, 0.3) is 0 Å². The fourth-order valence-corrected chi connectivity index (χ4v) is 0.956. The maximum atomic E-state index is 4.13. The Bertz CT molecular complexity index is 253. The van der Waals surface area contributed by atoms with Crippen LogP contribution in [0.25, 0.3) is 6.08 Å². The molecular formula is C7H6N2. The second-order valence-corrected chi connectivity index (χ2v) is 1.99. The molecule has 44 valence electrons. The van der Waals surface area contributed by atoms with Gasteiger partial charge in [0.1, 0.15) is 0 Å². The fraction of sp³-hybridized carbons (Fsp3) is 0.143. The molecule has 2 heteroatoms. The smallest absolute Gasteiger partial charge is 0.0845 e. The number of rotatable bonds is 0. The number of allylic oxidation sites excluding steroid dienone is 1. The molecule has 0 aliphatic heterocycles. The van der Waals surface area contributed by atoms with Gasteiger partial charge in [0.15, 0.2) is 0 Å². The minimum atomic E-state index is 0.948. The van der Waals surface area contributed by atoms with Crippen molar-refractivity contribution in [1.82, 2.24) is 9.97 Å². The van der Waals surface area contributed by atoms with Crippen LogP contribution in [0.1, 0.15) is 11.4 Å². The van der Waals surface area contributed by atoms with Gasteiger partial charge >= 0.3 is 0 Å². The highest BCUT2D eigenvalue weighted by Crippen LogP contribution is 2.11. The van der Waals surface area contributed by atoms with Gasteiger partial charge in [0.2, 0.25) is 0 Å². The van der Waals surface area contributed by atoms with Crippen LogP contribution in [0.5, 0.6) is 0 Å². The Morgan fingerprint density at radius 2 is 2.11 bits per heavy atom. The van der Waals surface area contributed by atoms with Crippen molar-refractivity contribution in [2.45, 2.75) is 6.42 Å². The zero-order valence-electron chi connectivity index (χ0n) is 4.91. The van der Waals surface area contributed by atoms with Crippen molar-refractivity contribution < 1.29 is 0 Å². The number of aromatic nitrogens is 2. The molecule has 1 aromatic rings. The van der Waals surface area contributed by atoms with Crippen molar-refractivity contribution in [3.63, 3.8) is 0 Å². The van der Waals surface area contributed by atoms with E-state index in [1.54, 1.807) is 12.4 Å². The molecule has 0 unspecified atom stereocenters. The second kappa shape index (κ2) is 1.65. The third-order valence-corrected chi connectivity index (χ3v) is 1.39. The molecule has 0 spiro atoms. The molecule has 0 bridgehead atoms. The summed E-state index contributed by atoms with van der Waals surface area (Å²) in [6, 6.07) is 0. The Morgan fingerprint density at radius 3 is 3.00 bits per heavy atom.